The number of benzene rings is 2. The second kappa shape index (κ2) is 11.3. The Hall–Kier alpha value is -3.64. The van der Waals surface area contributed by atoms with E-state index in [9.17, 15) is 19.5 Å². The molecule has 2 amide bonds. The minimum atomic E-state index is -2.83. The maximum absolute atomic E-state index is 14.3. The number of aryl methyl sites for hydroxylation is 1. The molecule has 41 heavy (non-hydrogen) atoms. The van der Waals surface area contributed by atoms with Gasteiger partial charge in [0, 0.05) is 60.6 Å². The summed E-state index contributed by atoms with van der Waals surface area (Å²) < 4.78 is 8.54. The molecule has 3 aromatic rings. The molecule has 3 heterocycles. The van der Waals surface area contributed by atoms with Crippen LogP contribution in [0.25, 0.3) is 0 Å². The van der Waals surface area contributed by atoms with Gasteiger partial charge in [-0.2, -0.15) is 0 Å². The Morgan fingerprint density at radius 2 is 2.00 bits per heavy atom. The first kappa shape index (κ1) is 28.9. The lowest BCUT2D eigenvalue weighted by Gasteiger charge is -2.32. The molecule has 10 nitrogen and oxygen atoms in total. The van der Waals surface area contributed by atoms with Crippen molar-refractivity contribution in [1.82, 2.24) is 15.0 Å². The van der Waals surface area contributed by atoms with Gasteiger partial charge in [0.15, 0.2) is 13.9 Å². The second-order valence-corrected chi connectivity index (χ2v) is 15.3. The summed E-state index contributed by atoms with van der Waals surface area (Å²) in [5.74, 6) is -0.774. The van der Waals surface area contributed by atoms with E-state index in [1.165, 1.54) is 0 Å². The molecule has 0 radical (unpaired) electrons. The number of nitrogens with one attached hydrogen (secondary N) is 1. The third-order valence-corrected chi connectivity index (χ3v) is 10.7. The van der Waals surface area contributed by atoms with E-state index in [-0.39, 0.29) is 29.9 Å². The first-order valence-electron chi connectivity index (χ1n) is 13.9. The Morgan fingerprint density at radius 1 is 1.24 bits per heavy atom. The number of aliphatic hydroxyl groups is 1. The molecule has 2 aromatic carbocycles. The van der Waals surface area contributed by atoms with Crippen LogP contribution in [-0.4, -0.2) is 64.3 Å². The summed E-state index contributed by atoms with van der Waals surface area (Å²) in [5.41, 5.74) is 1.61. The molecule has 11 heteroatoms. The number of fused-ring (bicyclic) bond motifs is 2. The van der Waals surface area contributed by atoms with Crippen molar-refractivity contribution in [2.45, 2.75) is 56.7 Å². The van der Waals surface area contributed by atoms with Crippen LogP contribution in [-0.2, 0) is 28.1 Å². The van der Waals surface area contributed by atoms with E-state index in [0.29, 0.717) is 54.1 Å². The number of anilines is 2. The van der Waals surface area contributed by atoms with Crippen molar-refractivity contribution in [3.63, 3.8) is 0 Å². The molecule has 0 bridgehead atoms. The maximum Gasteiger partial charge on any atom is 0.264 e. The number of aliphatic hydroxyl groups excluding tert-OH is 1. The van der Waals surface area contributed by atoms with Crippen LogP contribution in [0.15, 0.2) is 67.4 Å². The van der Waals surface area contributed by atoms with Gasteiger partial charge in [0.2, 0.25) is 0 Å². The number of carbonyl (C=O) groups excluding carboxylic acids is 2. The first-order chi connectivity index (χ1) is 19.6. The standard InChI is InChI=1S/C30H37N5O5Si/c1-5-15-35-25-12-11-22(31-28(37)21-9-7-6-8-10-21)18-24(25)30(29(35)38)20(2)27(41(3,4)39)26(40-30)13-16-34-19-23(14-17-36)32-33-34/h5-12,18-20,26-27,36,39H,1,13-17H2,2-4H3,(H,31,37)/t20-,26+,27-,30+/m0/s1. The lowest BCUT2D eigenvalue weighted by molar-refractivity contribution is -0.145. The predicted octanol–water partition coefficient (Wildman–Crippen LogP) is 3.49. The molecule has 0 saturated carbocycles. The minimum Gasteiger partial charge on any atom is -0.432 e. The highest BCUT2D eigenvalue weighted by molar-refractivity contribution is 6.71. The fourth-order valence-corrected chi connectivity index (χ4v) is 9.07. The Morgan fingerprint density at radius 3 is 2.68 bits per heavy atom. The molecule has 1 saturated heterocycles. The highest BCUT2D eigenvalue weighted by Gasteiger charge is 2.66. The fourth-order valence-electron chi connectivity index (χ4n) is 6.46. The van der Waals surface area contributed by atoms with Crippen molar-refractivity contribution in [2.24, 2.45) is 5.92 Å². The van der Waals surface area contributed by atoms with Gasteiger partial charge < -0.3 is 24.9 Å². The minimum absolute atomic E-state index is 0.00659. The summed E-state index contributed by atoms with van der Waals surface area (Å²) in [6, 6.07) is 14.4. The van der Waals surface area contributed by atoms with Gasteiger partial charge >= 0.3 is 0 Å². The number of nitrogens with zero attached hydrogens (tertiary/aromatic N) is 4. The van der Waals surface area contributed by atoms with Gasteiger partial charge in [0.1, 0.15) is 0 Å². The van der Waals surface area contributed by atoms with Crippen LogP contribution < -0.4 is 10.2 Å². The molecule has 2 aliphatic heterocycles. The molecule has 3 N–H and O–H groups in total. The SMILES string of the molecule is C=CCN1C(=O)[C@]2(O[C@H](CCn3cc(CCO)nn3)[C@@H]([Si](C)(C)O)[C@@H]2C)c2cc(NC(=O)c3ccccc3)ccc21. The van der Waals surface area contributed by atoms with E-state index >= 15 is 0 Å². The smallest absolute Gasteiger partial charge is 0.264 e. The highest BCUT2D eigenvalue weighted by atomic mass is 28.4. The topological polar surface area (TPSA) is 130 Å². The number of hydrogen-bond donors (Lipinski definition) is 3. The highest BCUT2D eigenvalue weighted by Crippen LogP contribution is 2.60. The van der Waals surface area contributed by atoms with Gasteiger partial charge in [0.25, 0.3) is 11.8 Å². The summed E-state index contributed by atoms with van der Waals surface area (Å²) >= 11 is 0. The molecule has 4 atom stereocenters. The fraction of sp³-hybridized carbons (Fsp3) is 0.400. The van der Waals surface area contributed by atoms with Gasteiger partial charge in [-0.25, -0.2) is 0 Å². The van der Waals surface area contributed by atoms with E-state index in [2.05, 4.69) is 22.2 Å². The number of aromatic nitrogens is 3. The average molecular weight is 576 g/mol. The van der Waals surface area contributed by atoms with Crippen molar-refractivity contribution < 1.29 is 24.2 Å². The number of rotatable bonds is 10. The lowest BCUT2D eigenvalue weighted by atomic mass is 9.82. The monoisotopic (exact) mass is 575 g/mol. The van der Waals surface area contributed by atoms with Crippen LogP contribution in [0.4, 0.5) is 11.4 Å². The van der Waals surface area contributed by atoms with Crippen LogP contribution in [0.3, 0.4) is 0 Å². The van der Waals surface area contributed by atoms with Gasteiger partial charge in [-0.3, -0.25) is 14.3 Å². The Labute approximate surface area is 240 Å². The molecule has 0 unspecified atom stereocenters. The zero-order valence-corrected chi connectivity index (χ0v) is 24.7. The molecule has 0 aliphatic carbocycles. The summed E-state index contributed by atoms with van der Waals surface area (Å²) in [5, 5.41) is 20.4. The van der Waals surface area contributed by atoms with Crippen molar-refractivity contribution in [1.29, 1.82) is 0 Å². The van der Waals surface area contributed by atoms with E-state index in [1.54, 1.807) is 52.2 Å². The lowest BCUT2D eigenvalue weighted by Crippen LogP contribution is -2.46. The van der Waals surface area contributed by atoms with Crippen molar-refractivity contribution in [2.75, 3.05) is 23.4 Å². The predicted molar refractivity (Wildman–Crippen MR) is 158 cm³/mol. The molecule has 5 rings (SSSR count). The zero-order valence-electron chi connectivity index (χ0n) is 23.7. The zero-order chi connectivity index (χ0) is 29.4. The molecular formula is C30H37N5O5Si. The third-order valence-electron chi connectivity index (χ3n) is 8.19. The quantitative estimate of drug-likeness (QED) is 0.249. The largest absolute Gasteiger partial charge is 0.432 e. The summed E-state index contributed by atoms with van der Waals surface area (Å²) in [6.07, 6.45) is 4.01. The van der Waals surface area contributed by atoms with Gasteiger partial charge in [0.05, 0.1) is 17.5 Å². The van der Waals surface area contributed by atoms with E-state index in [0.717, 1.165) is 0 Å². The Bertz CT molecular complexity index is 1440. The first-order valence-corrected chi connectivity index (χ1v) is 17.0. The summed E-state index contributed by atoms with van der Waals surface area (Å²) in [7, 11) is -2.83. The van der Waals surface area contributed by atoms with Crippen LogP contribution >= 0.6 is 0 Å². The Balaban J connectivity index is 1.50. The normalized spacial score (nSPS) is 23.7. The second-order valence-electron chi connectivity index (χ2n) is 11.4. The number of carbonyl (C=O) groups is 2. The molecule has 216 valence electrons. The van der Waals surface area contributed by atoms with Crippen molar-refractivity contribution in [3.8, 4) is 0 Å². The van der Waals surface area contributed by atoms with Crippen LogP contribution in [0.1, 0.15) is 35.0 Å². The number of hydrogen-bond acceptors (Lipinski definition) is 7. The van der Waals surface area contributed by atoms with Crippen LogP contribution in [0, 0.1) is 5.92 Å². The third kappa shape index (κ3) is 5.26. The number of amides is 2. The van der Waals surface area contributed by atoms with Gasteiger partial charge in [-0.1, -0.05) is 36.4 Å². The van der Waals surface area contributed by atoms with Gasteiger partial charge in [-0.05, 0) is 49.8 Å². The summed E-state index contributed by atoms with van der Waals surface area (Å²) in [4.78, 5) is 40.3. The van der Waals surface area contributed by atoms with Gasteiger partial charge in [-0.15, -0.1) is 11.7 Å². The molecule has 2 aliphatic rings. The molecular weight excluding hydrogens is 538 g/mol. The van der Waals surface area contributed by atoms with E-state index < -0.39 is 20.0 Å². The average Bonchev–Trinajstić information content (AvgIpc) is 3.58. The van der Waals surface area contributed by atoms with Crippen molar-refractivity contribution in [3.05, 3.63) is 84.2 Å². The Kier molecular flexibility index (Phi) is 7.97. The van der Waals surface area contributed by atoms with Crippen molar-refractivity contribution >= 4 is 31.5 Å². The molecule has 1 aromatic heterocycles. The number of ether oxygens (including phenoxy) is 1. The summed E-state index contributed by atoms with van der Waals surface area (Å²) in [6.45, 7) is 10.4. The van der Waals surface area contributed by atoms with Crippen LogP contribution in [0.5, 0.6) is 0 Å². The van der Waals surface area contributed by atoms with E-state index in [1.807, 2.05) is 38.2 Å². The molecule has 1 fully saturated rings. The molecule has 1 spiro atoms. The maximum atomic E-state index is 14.3. The van der Waals surface area contributed by atoms with Crippen LogP contribution in [0.2, 0.25) is 18.6 Å². The van der Waals surface area contributed by atoms with E-state index in [4.69, 9.17) is 4.74 Å².